The van der Waals surface area contributed by atoms with Crippen LogP contribution in [-0.2, 0) is 37.0 Å². The van der Waals surface area contributed by atoms with Gasteiger partial charge in [-0.05, 0) is 44.4 Å². The summed E-state index contributed by atoms with van der Waals surface area (Å²) < 4.78 is 52.5. The number of amides is 1. The van der Waals surface area contributed by atoms with Gasteiger partial charge in [-0.25, -0.2) is 8.78 Å². The summed E-state index contributed by atoms with van der Waals surface area (Å²) in [5.74, 6) is -2.56. The van der Waals surface area contributed by atoms with E-state index in [9.17, 15) is 18.8 Å². The smallest absolute Gasteiger partial charge is 0.252 e. The molecule has 1 amide bonds. The van der Waals surface area contributed by atoms with Crippen LogP contribution in [0.25, 0.3) is 0 Å². The first-order valence-corrected chi connectivity index (χ1v) is 12.5. The van der Waals surface area contributed by atoms with Crippen LogP contribution in [0.3, 0.4) is 0 Å². The summed E-state index contributed by atoms with van der Waals surface area (Å²) >= 11 is 0. The fourth-order valence-electron chi connectivity index (χ4n) is 5.06. The summed E-state index contributed by atoms with van der Waals surface area (Å²) in [4.78, 5) is 13.7. The number of benzene rings is 2. The number of hydrogen-bond donors (Lipinski definition) is 1. The Hall–Kier alpha value is -2.90. The van der Waals surface area contributed by atoms with Crippen molar-refractivity contribution in [3.63, 3.8) is 0 Å². The van der Waals surface area contributed by atoms with Gasteiger partial charge in [0.15, 0.2) is 11.4 Å². The summed E-state index contributed by atoms with van der Waals surface area (Å²) in [6.45, 7) is 3.49. The average Bonchev–Trinajstić information content (AvgIpc) is 3.61. The van der Waals surface area contributed by atoms with E-state index in [4.69, 9.17) is 18.9 Å². The van der Waals surface area contributed by atoms with Crippen molar-refractivity contribution in [3.8, 4) is 6.07 Å². The molecular weight excluding hydrogens is 482 g/mol. The van der Waals surface area contributed by atoms with Gasteiger partial charge in [-0.1, -0.05) is 24.3 Å². The molecule has 1 N–H and O–H groups in total. The van der Waals surface area contributed by atoms with Crippen LogP contribution in [0.2, 0.25) is 0 Å². The average molecular weight is 513 g/mol. The van der Waals surface area contributed by atoms with E-state index in [-0.39, 0.29) is 43.6 Å². The molecule has 37 heavy (non-hydrogen) atoms. The van der Waals surface area contributed by atoms with Gasteiger partial charge in [0, 0.05) is 30.5 Å². The van der Waals surface area contributed by atoms with Crippen LogP contribution in [0, 0.1) is 23.0 Å². The molecule has 2 aliphatic carbocycles. The molecule has 0 radical (unpaired) electrons. The zero-order chi connectivity index (χ0) is 26.2. The first kappa shape index (κ1) is 25.7. The van der Waals surface area contributed by atoms with Gasteiger partial charge in [0.25, 0.3) is 5.91 Å². The standard InChI is InChI=1S/C28H30F2N2O5/c1-27(2)36-24-13-28(26(33)32-21-9-10-21,35-16-18-6-4-3-5-17(18)14-31)12-23(25(24)37-27)34-15-19-7-8-20(29)11-22(19)30/h3-8,11,21,23-25H,9-10,12-13,15-16H2,1-2H3,(H,32,33)/t23-,24-,25+,28-/m1/s1. The molecule has 0 aromatic heterocycles. The number of hydrogen-bond acceptors (Lipinski definition) is 6. The van der Waals surface area contributed by atoms with Crippen LogP contribution in [0.15, 0.2) is 42.5 Å². The molecule has 5 rings (SSSR count). The molecule has 2 aromatic rings. The SMILES string of the molecule is CC1(C)O[C@H]2[C@H](OCc3ccc(F)cc3F)C[C@](OCc3ccccc3C#N)(C(=O)NC3CC3)C[C@H]2O1. The van der Waals surface area contributed by atoms with Crippen molar-refractivity contribution >= 4 is 5.91 Å². The van der Waals surface area contributed by atoms with Crippen molar-refractivity contribution in [2.24, 2.45) is 0 Å². The normalized spacial score (nSPS) is 28.4. The van der Waals surface area contributed by atoms with Gasteiger partial charge in [0.05, 0.1) is 37.1 Å². The molecule has 0 bridgehead atoms. The maximum absolute atomic E-state index is 14.3. The van der Waals surface area contributed by atoms with Crippen LogP contribution < -0.4 is 5.32 Å². The second-order valence-corrected chi connectivity index (χ2v) is 10.4. The van der Waals surface area contributed by atoms with E-state index >= 15 is 0 Å². The van der Waals surface area contributed by atoms with Crippen LogP contribution >= 0.6 is 0 Å². The van der Waals surface area contributed by atoms with Gasteiger partial charge in [0.2, 0.25) is 0 Å². The molecule has 7 nitrogen and oxygen atoms in total. The number of ether oxygens (including phenoxy) is 4. The molecule has 2 saturated carbocycles. The van der Waals surface area contributed by atoms with E-state index in [1.807, 2.05) is 6.07 Å². The number of nitrogens with zero attached hydrogens (tertiary/aromatic N) is 1. The highest BCUT2D eigenvalue weighted by atomic mass is 19.1. The first-order chi connectivity index (χ1) is 17.7. The number of nitrogens with one attached hydrogen (secondary N) is 1. The van der Waals surface area contributed by atoms with Gasteiger partial charge in [0.1, 0.15) is 17.7 Å². The van der Waals surface area contributed by atoms with Crippen molar-refractivity contribution in [3.05, 3.63) is 70.8 Å². The maximum atomic E-state index is 14.3. The maximum Gasteiger partial charge on any atom is 0.252 e. The molecule has 3 fully saturated rings. The van der Waals surface area contributed by atoms with E-state index in [0.717, 1.165) is 18.9 Å². The number of carbonyl (C=O) groups excluding carboxylic acids is 1. The zero-order valence-electron chi connectivity index (χ0n) is 20.8. The molecule has 0 unspecified atom stereocenters. The Kier molecular flexibility index (Phi) is 7.03. The third-order valence-corrected chi connectivity index (χ3v) is 7.09. The van der Waals surface area contributed by atoms with Crippen molar-refractivity contribution in [1.29, 1.82) is 5.26 Å². The molecule has 1 heterocycles. The van der Waals surface area contributed by atoms with Gasteiger partial charge in [-0.15, -0.1) is 0 Å². The largest absolute Gasteiger partial charge is 0.370 e. The van der Waals surface area contributed by atoms with E-state index < -0.39 is 41.3 Å². The van der Waals surface area contributed by atoms with E-state index in [1.165, 1.54) is 12.1 Å². The summed E-state index contributed by atoms with van der Waals surface area (Å²) in [7, 11) is 0. The van der Waals surface area contributed by atoms with Gasteiger partial charge < -0.3 is 24.3 Å². The Labute approximate surface area is 214 Å². The number of carbonyl (C=O) groups is 1. The second kappa shape index (κ2) is 10.1. The topological polar surface area (TPSA) is 89.8 Å². The van der Waals surface area contributed by atoms with Crippen LogP contribution in [0.4, 0.5) is 8.78 Å². The molecule has 9 heteroatoms. The monoisotopic (exact) mass is 512 g/mol. The molecular formula is C28H30F2N2O5. The van der Waals surface area contributed by atoms with E-state index in [0.29, 0.717) is 11.1 Å². The van der Waals surface area contributed by atoms with Crippen molar-refractivity contribution in [1.82, 2.24) is 5.32 Å². The van der Waals surface area contributed by atoms with Crippen LogP contribution in [0.5, 0.6) is 0 Å². The van der Waals surface area contributed by atoms with Gasteiger partial charge in [-0.3, -0.25) is 4.79 Å². The molecule has 3 aliphatic rings. The third kappa shape index (κ3) is 5.68. The fraction of sp³-hybridized carbons (Fsp3) is 0.500. The van der Waals surface area contributed by atoms with Crippen LogP contribution in [0.1, 0.15) is 56.2 Å². The molecule has 2 aromatic carbocycles. The highest BCUT2D eigenvalue weighted by Gasteiger charge is 2.58. The van der Waals surface area contributed by atoms with Crippen molar-refractivity contribution < 1.29 is 32.5 Å². The van der Waals surface area contributed by atoms with Crippen LogP contribution in [-0.4, -0.2) is 41.6 Å². The summed E-state index contributed by atoms with van der Waals surface area (Å²) in [5, 5.41) is 12.6. The van der Waals surface area contributed by atoms with Gasteiger partial charge >= 0.3 is 0 Å². The Morgan fingerprint density at radius 2 is 1.89 bits per heavy atom. The quantitative estimate of drug-likeness (QED) is 0.568. The predicted molar refractivity (Wildman–Crippen MR) is 128 cm³/mol. The summed E-state index contributed by atoms with van der Waals surface area (Å²) in [6, 6.07) is 12.7. The number of nitriles is 1. The van der Waals surface area contributed by atoms with Crippen molar-refractivity contribution in [2.45, 2.75) is 88.5 Å². The molecule has 196 valence electrons. The van der Waals surface area contributed by atoms with E-state index in [2.05, 4.69) is 11.4 Å². The summed E-state index contributed by atoms with van der Waals surface area (Å²) in [5.41, 5.74) is 0.0106. The first-order valence-electron chi connectivity index (χ1n) is 12.5. The second-order valence-electron chi connectivity index (χ2n) is 10.4. The molecule has 0 spiro atoms. The highest BCUT2D eigenvalue weighted by molar-refractivity contribution is 5.86. The predicted octanol–water partition coefficient (Wildman–Crippen LogP) is 4.27. The number of fused-ring (bicyclic) bond motifs is 1. The highest BCUT2D eigenvalue weighted by Crippen LogP contribution is 2.44. The number of halogens is 2. The lowest BCUT2D eigenvalue weighted by Gasteiger charge is -2.43. The third-order valence-electron chi connectivity index (χ3n) is 7.09. The van der Waals surface area contributed by atoms with Crippen molar-refractivity contribution in [2.75, 3.05) is 0 Å². The minimum Gasteiger partial charge on any atom is -0.370 e. The number of rotatable bonds is 8. The van der Waals surface area contributed by atoms with Gasteiger partial charge in [-0.2, -0.15) is 5.26 Å². The summed E-state index contributed by atoms with van der Waals surface area (Å²) in [6.07, 6.45) is 0.505. The Morgan fingerprint density at radius 3 is 2.62 bits per heavy atom. The Balaban J connectivity index is 1.43. The Bertz CT molecular complexity index is 1210. The minimum absolute atomic E-state index is 0.0444. The minimum atomic E-state index is -1.32. The van der Waals surface area contributed by atoms with E-state index in [1.54, 1.807) is 32.0 Å². The molecule has 4 atom stereocenters. The zero-order valence-corrected chi connectivity index (χ0v) is 20.8. The Morgan fingerprint density at radius 1 is 1.11 bits per heavy atom. The molecule has 1 aliphatic heterocycles. The fourth-order valence-corrected chi connectivity index (χ4v) is 5.06. The lowest BCUT2D eigenvalue weighted by atomic mass is 9.78. The lowest BCUT2D eigenvalue weighted by molar-refractivity contribution is -0.183. The molecule has 1 saturated heterocycles. The lowest BCUT2D eigenvalue weighted by Crippen LogP contribution is -2.60.